The molecule has 2 aromatic rings. The summed E-state index contributed by atoms with van der Waals surface area (Å²) in [5, 5.41) is 3.23. The lowest BCUT2D eigenvalue weighted by molar-refractivity contribution is 0.316. The average Bonchev–Trinajstić information content (AvgIpc) is 2.51. The van der Waals surface area contributed by atoms with E-state index < -0.39 is 0 Å². The van der Waals surface area contributed by atoms with E-state index in [0.29, 0.717) is 19.8 Å². The summed E-state index contributed by atoms with van der Waals surface area (Å²) in [5.41, 5.74) is 0. The standard InChI is InChI=1S/C16H20N2O2/c1-2-12-20-15-9-6-10-17-16(15)18-11-13-19-14-7-4-3-5-8-14/h3-10H,2,11-13H2,1H3,(H,17,18). The first kappa shape index (κ1) is 14.2. The Morgan fingerprint density at radius 1 is 1.00 bits per heavy atom. The van der Waals surface area contributed by atoms with Gasteiger partial charge in [0.1, 0.15) is 12.4 Å². The Morgan fingerprint density at radius 2 is 1.85 bits per heavy atom. The lowest BCUT2D eigenvalue weighted by atomic mass is 10.3. The van der Waals surface area contributed by atoms with E-state index in [1.165, 1.54) is 0 Å². The van der Waals surface area contributed by atoms with Crippen LogP contribution < -0.4 is 14.8 Å². The van der Waals surface area contributed by atoms with Gasteiger partial charge in [-0.15, -0.1) is 0 Å². The van der Waals surface area contributed by atoms with E-state index in [4.69, 9.17) is 9.47 Å². The van der Waals surface area contributed by atoms with Crippen LogP contribution in [0.15, 0.2) is 48.7 Å². The van der Waals surface area contributed by atoms with Gasteiger partial charge in [-0.25, -0.2) is 4.98 Å². The fourth-order valence-electron chi connectivity index (χ4n) is 1.71. The third-order valence-corrected chi connectivity index (χ3v) is 2.64. The third kappa shape index (κ3) is 4.46. The first-order valence-electron chi connectivity index (χ1n) is 6.89. The minimum absolute atomic E-state index is 0.577. The summed E-state index contributed by atoms with van der Waals surface area (Å²) < 4.78 is 11.3. The Bertz CT molecular complexity index is 503. The van der Waals surface area contributed by atoms with Crippen molar-refractivity contribution in [3.05, 3.63) is 48.7 Å². The third-order valence-electron chi connectivity index (χ3n) is 2.64. The van der Waals surface area contributed by atoms with Crippen LogP contribution in [0.4, 0.5) is 5.82 Å². The van der Waals surface area contributed by atoms with Crippen LogP contribution in [0.3, 0.4) is 0 Å². The summed E-state index contributed by atoms with van der Waals surface area (Å²) in [6.07, 6.45) is 2.73. The first-order chi connectivity index (χ1) is 9.90. The summed E-state index contributed by atoms with van der Waals surface area (Å²) >= 11 is 0. The second-order valence-corrected chi connectivity index (χ2v) is 4.29. The molecule has 0 saturated heterocycles. The minimum atomic E-state index is 0.577. The lowest BCUT2D eigenvalue weighted by Crippen LogP contribution is -2.13. The predicted octanol–water partition coefficient (Wildman–Crippen LogP) is 3.36. The molecule has 106 valence electrons. The van der Waals surface area contributed by atoms with Crippen LogP contribution in [0.2, 0.25) is 0 Å². The number of nitrogens with zero attached hydrogens (tertiary/aromatic N) is 1. The zero-order valence-corrected chi connectivity index (χ0v) is 11.7. The molecule has 1 aromatic carbocycles. The maximum Gasteiger partial charge on any atom is 0.168 e. The van der Waals surface area contributed by atoms with Crippen molar-refractivity contribution in [1.82, 2.24) is 4.98 Å². The number of ether oxygens (including phenoxy) is 2. The molecule has 1 heterocycles. The Balaban J connectivity index is 1.79. The smallest absolute Gasteiger partial charge is 0.168 e. The number of nitrogens with one attached hydrogen (secondary N) is 1. The molecule has 0 saturated carbocycles. The van der Waals surface area contributed by atoms with Gasteiger partial charge in [-0.05, 0) is 30.7 Å². The van der Waals surface area contributed by atoms with Crippen LogP contribution in [0.25, 0.3) is 0 Å². The second-order valence-electron chi connectivity index (χ2n) is 4.29. The van der Waals surface area contributed by atoms with Crippen molar-refractivity contribution < 1.29 is 9.47 Å². The van der Waals surface area contributed by atoms with Crippen molar-refractivity contribution >= 4 is 5.82 Å². The molecular weight excluding hydrogens is 252 g/mol. The molecule has 0 unspecified atom stereocenters. The van der Waals surface area contributed by atoms with Gasteiger partial charge in [0, 0.05) is 6.20 Å². The van der Waals surface area contributed by atoms with Crippen LogP contribution in [0.5, 0.6) is 11.5 Å². The van der Waals surface area contributed by atoms with Gasteiger partial charge in [0.05, 0.1) is 13.2 Å². The molecule has 4 heteroatoms. The molecule has 2 rings (SSSR count). The molecular formula is C16H20N2O2. The SMILES string of the molecule is CCCOc1cccnc1NCCOc1ccccc1. The van der Waals surface area contributed by atoms with E-state index >= 15 is 0 Å². The van der Waals surface area contributed by atoms with Crippen molar-refractivity contribution in [2.75, 3.05) is 25.1 Å². The first-order valence-corrected chi connectivity index (χ1v) is 6.89. The number of anilines is 1. The van der Waals surface area contributed by atoms with Crippen LogP contribution in [0.1, 0.15) is 13.3 Å². The molecule has 0 fully saturated rings. The van der Waals surface area contributed by atoms with E-state index in [-0.39, 0.29) is 0 Å². The van der Waals surface area contributed by atoms with Gasteiger partial charge in [-0.1, -0.05) is 25.1 Å². The van der Waals surface area contributed by atoms with Crippen molar-refractivity contribution in [2.45, 2.75) is 13.3 Å². The molecule has 0 aliphatic rings. The number of pyridine rings is 1. The highest BCUT2D eigenvalue weighted by atomic mass is 16.5. The topological polar surface area (TPSA) is 43.4 Å². The summed E-state index contributed by atoms with van der Waals surface area (Å²) in [4.78, 5) is 4.28. The number of rotatable bonds is 8. The van der Waals surface area contributed by atoms with Gasteiger partial charge in [-0.3, -0.25) is 0 Å². The Labute approximate surface area is 119 Å². The number of hydrogen-bond acceptors (Lipinski definition) is 4. The number of para-hydroxylation sites is 1. The van der Waals surface area contributed by atoms with Crippen LogP contribution in [0, 0.1) is 0 Å². The summed E-state index contributed by atoms with van der Waals surface area (Å²) in [5.74, 6) is 2.42. The average molecular weight is 272 g/mol. The van der Waals surface area contributed by atoms with E-state index in [9.17, 15) is 0 Å². The van der Waals surface area contributed by atoms with Gasteiger partial charge in [0.25, 0.3) is 0 Å². The van der Waals surface area contributed by atoms with Crippen LogP contribution in [-0.4, -0.2) is 24.7 Å². The monoisotopic (exact) mass is 272 g/mol. The number of aromatic nitrogens is 1. The minimum Gasteiger partial charge on any atom is -0.492 e. The van der Waals surface area contributed by atoms with E-state index in [1.54, 1.807) is 6.20 Å². The highest BCUT2D eigenvalue weighted by molar-refractivity contribution is 5.49. The fourth-order valence-corrected chi connectivity index (χ4v) is 1.71. The summed E-state index contributed by atoms with van der Waals surface area (Å²) in [6.45, 7) is 4.03. The van der Waals surface area contributed by atoms with Crippen molar-refractivity contribution in [1.29, 1.82) is 0 Å². The van der Waals surface area contributed by atoms with Crippen molar-refractivity contribution in [3.8, 4) is 11.5 Å². The van der Waals surface area contributed by atoms with Crippen molar-refractivity contribution in [2.24, 2.45) is 0 Å². The normalized spacial score (nSPS) is 10.1. The van der Waals surface area contributed by atoms with Crippen molar-refractivity contribution in [3.63, 3.8) is 0 Å². The molecule has 1 aromatic heterocycles. The van der Waals surface area contributed by atoms with Gasteiger partial charge < -0.3 is 14.8 Å². The molecule has 0 aliphatic carbocycles. The number of benzene rings is 1. The predicted molar refractivity (Wildman–Crippen MR) is 80.4 cm³/mol. The molecule has 0 bridgehead atoms. The zero-order chi connectivity index (χ0) is 14.0. The Hall–Kier alpha value is -2.23. The molecule has 0 atom stereocenters. The van der Waals surface area contributed by atoms with Gasteiger partial charge in [0.15, 0.2) is 11.6 Å². The van der Waals surface area contributed by atoms with E-state index in [2.05, 4.69) is 17.2 Å². The maximum absolute atomic E-state index is 5.64. The molecule has 1 N–H and O–H groups in total. The maximum atomic E-state index is 5.64. The van der Waals surface area contributed by atoms with Gasteiger partial charge in [0.2, 0.25) is 0 Å². The highest BCUT2D eigenvalue weighted by Gasteiger charge is 2.03. The molecule has 0 radical (unpaired) electrons. The van der Waals surface area contributed by atoms with Crippen LogP contribution in [-0.2, 0) is 0 Å². The van der Waals surface area contributed by atoms with Gasteiger partial charge >= 0.3 is 0 Å². The molecule has 0 amide bonds. The second kappa shape index (κ2) is 8.04. The molecule has 4 nitrogen and oxygen atoms in total. The fraction of sp³-hybridized carbons (Fsp3) is 0.312. The lowest BCUT2D eigenvalue weighted by Gasteiger charge is -2.12. The quantitative estimate of drug-likeness (QED) is 0.748. The summed E-state index contributed by atoms with van der Waals surface area (Å²) in [6, 6.07) is 13.6. The van der Waals surface area contributed by atoms with Crippen LogP contribution >= 0.6 is 0 Å². The zero-order valence-electron chi connectivity index (χ0n) is 11.7. The van der Waals surface area contributed by atoms with E-state index in [1.807, 2.05) is 42.5 Å². The largest absolute Gasteiger partial charge is 0.492 e. The molecule has 0 spiro atoms. The molecule has 20 heavy (non-hydrogen) atoms. The number of hydrogen-bond donors (Lipinski definition) is 1. The van der Waals surface area contributed by atoms with Gasteiger partial charge in [-0.2, -0.15) is 0 Å². The highest BCUT2D eigenvalue weighted by Crippen LogP contribution is 2.20. The summed E-state index contributed by atoms with van der Waals surface area (Å²) in [7, 11) is 0. The Kier molecular flexibility index (Phi) is 5.71. The van der Waals surface area contributed by atoms with E-state index in [0.717, 1.165) is 23.7 Å². The Morgan fingerprint density at radius 3 is 2.65 bits per heavy atom. The molecule has 0 aliphatic heterocycles.